The van der Waals surface area contributed by atoms with E-state index in [1.807, 2.05) is 6.07 Å². The Labute approximate surface area is 99.8 Å². The number of rotatable bonds is 4. The minimum atomic E-state index is 0.335. The zero-order chi connectivity index (χ0) is 12.0. The van der Waals surface area contributed by atoms with Crippen LogP contribution in [0.15, 0.2) is 17.1 Å². The summed E-state index contributed by atoms with van der Waals surface area (Å²) < 4.78 is 0. The molecule has 0 aliphatic carbocycles. The molecule has 1 rings (SSSR count). The number of nitriles is 1. The van der Waals surface area contributed by atoms with E-state index in [4.69, 9.17) is 11.0 Å². The van der Waals surface area contributed by atoms with Crippen molar-refractivity contribution in [2.45, 2.75) is 32.9 Å². The Bertz CT molecular complexity index is 402. The highest BCUT2D eigenvalue weighted by Crippen LogP contribution is 2.15. The molecule has 0 spiro atoms. The van der Waals surface area contributed by atoms with Gasteiger partial charge in [-0.25, -0.2) is 4.99 Å². The van der Waals surface area contributed by atoms with E-state index in [1.165, 1.54) is 11.3 Å². The summed E-state index contributed by atoms with van der Waals surface area (Å²) in [6.45, 7) is 4.67. The molecule has 0 radical (unpaired) electrons. The monoisotopic (exact) mass is 236 g/mol. The number of nitrogens with zero attached hydrogens (tertiary/aromatic N) is 2. The normalized spacial score (nSPS) is 13.2. The number of hydrogen-bond acceptors (Lipinski definition) is 3. The van der Waals surface area contributed by atoms with Gasteiger partial charge in [0.05, 0.1) is 6.54 Å². The van der Waals surface area contributed by atoms with Gasteiger partial charge in [-0.15, -0.1) is 11.3 Å². The Morgan fingerprint density at radius 3 is 3.00 bits per heavy atom. The summed E-state index contributed by atoms with van der Waals surface area (Å²) in [6, 6.07) is 6.14. The van der Waals surface area contributed by atoms with Crippen molar-refractivity contribution < 1.29 is 0 Å². The van der Waals surface area contributed by atoms with Crippen LogP contribution in [-0.2, 0) is 6.54 Å². The molecule has 1 atom stereocenters. The maximum atomic E-state index is 8.67. The van der Waals surface area contributed by atoms with E-state index >= 15 is 0 Å². The van der Waals surface area contributed by atoms with Crippen LogP contribution in [0.4, 0.5) is 0 Å². The van der Waals surface area contributed by atoms with Crippen LogP contribution >= 0.6 is 11.3 Å². The number of hydrogen-bond donors (Lipinski definition) is 2. The Kier molecular flexibility index (Phi) is 4.80. The molecule has 16 heavy (non-hydrogen) atoms. The summed E-state index contributed by atoms with van der Waals surface area (Å²) in [6.07, 6.45) is 1.01. The lowest BCUT2D eigenvalue weighted by Gasteiger charge is -2.11. The van der Waals surface area contributed by atoms with Gasteiger partial charge in [-0.2, -0.15) is 5.26 Å². The van der Waals surface area contributed by atoms with Crippen LogP contribution in [0.1, 0.15) is 30.0 Å². The van der Waals surface area contributed by atoms with Crippen molar-refractivity contribution in [3.63, 3.8) is 0 Å². The number of nitrogens with two attached hydrogens (primary N) is 1. The first-order valence-electron chi connectivity index (χ1n) is 5.21. The first-order valence-corrected chi connectivity index (χ1v) is 6.02. The van der Waals surface area contributed by atoms with Crippen LogP contribution in [0, 0.1) is 11.3 Å². The first-order chi connectivity index (χ1) is 7.65. The smallest absolute Gasteiger partial charge is 0.189 e. The predicted molar refractivity (Wildman–Crippen MR) is 67.2 cm³/mol. The Morgan fingerprint density at radius 1 is 1.69 bits per heavy atom. The largest absolute Gasteiger partial charge is 0.370 e. The Balaban J connectivity index is 2.49. The third-order valence-electron chi connectivity index (χ3n) is 2.18. The van der Waals surface area contributed by atoms with Gasteiger partial charge >= 0.3 is 0 Å². The van der Waals surface area contributed by atoms with E-state index in [2.05, 4.69) is 30.2 Å². The van der Waals surface area contributed by atoms with Gasteiger partial charge in [-0.05, 0) is 25.5 Å². The number of nitrogens with one attached hydrogen (secondary N) is 1. The second-order valence-electron chi connectivity index (χ2n) is 3.53. The summed E-state index contributed by atoms with van der Waals surface area (Å²) >= 11 is 1.45. The molecular weight excluding hydrogens is 220 g/mol. The minimum absolute atomic E-state index is 0.335. The molecule has 1 aromatic heterocycles. The molecule has 3 N–H and O–H groups in total. The zero-order valence-corrected chi connectivity index (χ0v) is 10.3. The van der Waals surface area contributed by atoms with Gasteiger partial charge in [-0.1, -0.05) is 6.92 Å². The van der Waals surface area contributed by atoms with Crippen molar-refractivity contribution in [2.75, 3.05) is 0 Å². The van der Waals surface area contributed by atoms with Gasteiger partial charge in [0.2, 0.25) is 0 Å². The highest BCUT2D eigenvalue weighted by atomic mass is 32.1. The lowest BCUT2D eigenvalue weighted by atomic mass is 10.3. The molecule has 0 bridgehead atoms. The molecule has 1 aromatic rings. The molecule has 0 aromatic carbocycles. The summed E-state index contributed by atoms with van der Waals surface area (Å²) in [5, 5.41) is 11.8. The molecular formula is C11H16N4S. The fraction of sp³-hybridized carbons (Fsp3) is 0.455. The van der Waals surface area contributed by atoms with Crippen molar-refractivity contribution in [3.8, 4) is 6.07 Å². The van der Waals surface area contributed by atoms with Crippen molar-refractivity contribution in [3.05, 3.63) is 21.9 Å². The highest BCUT2D eigenvalue weighted by Gasteiger charge is 2.00. The van der Waals surface area contributed by atoms with Gasteiger partial charge in [0.15, 0.2) is 5.96 Å². The lowest BCUT2D eigenvalue weighted by molar-refractivity contribution is 0.636. The molecule has 0 saturated carbocycles. The van der Waals surface area contributed by atoms with Gasteiger partial charge in [0.25, 0.3) is 0 Å². The second kappa shape index (κ2) is 6.13. The summed E-state index contributed by atoms with van der Waals surface area (Å²) in [5.74, 6) is 0.459. The molecule has 86 valence electrons. The Morgan fingerprint density at radius 2 is 2.44 bits per heavy atom. The predicted octanol–water partition coefficient (Wildman–Crippen LogP) is 1.82. The quantitative estimate of drug-likeness (QED) is 0.618. The van der Waals surface area contributed by atoms with Crippen LogP contribution < -0.4 is 11.1 Å². The van der Waals surface area contributed by atoms with Crippen LogP contribution in [-0.4, -0.2) is 12.0 Å². The van der Waals surface area contributed by atoms with Crippen LogP contribution in [0.3, 0.4) is 0 Å². The average molecular weight is 236 g/mol. The summed E-state index contributed by atoms with van der Waals surface area (Å²) in [4.78, 5) is 5.97. The SMILES string of the molecule is CCC(C)NC(N)=NCc1ccc(C#N)s1. The van der Waals surface area contributed by atoms with Gasteiger partial charge in [0.1, 0.15) is 10.9 Å². The van der Waals surface area contributed by atoms with Crippen molar-refractivity contribution in [1.82, 2.24) is 5.32 Å². The van der Waals surface area contributed by atoms with Crippen molar-refractivity contribution >= 4 is 17.3 Å². The van der Waals surface area contributed by atoms with Crippen molar-refractivity contribution in [2.24, 2.45) is 10.7 Å². The second-order valence-corrected chi connectivity index (χ2v) is 4.70. The minimum Gasteiger partial charge on any atom is -0.370 e. The Hall–Kier alpha value is -1.54. The zero-order valence-electron chi connectivity index (χ0n) is 9.53. The maximum Gasteiger partial charge on any atom is 0.189 e. The fourth-order valence-electron chi connectivity index (χ4n) is 1.09. The third kappa shape index (κ3) is 3.91. The molecule has 0 aliphatic rings. The molecule has 4 nitrogen and oxygen atoms in total. The maximum absolute atomic E-state index is 8.67. The highest BCUT2D eigenvalue weighted by molar-refractivity contribution is 7.12. The van der Waals surface area contributed by atoms with Gasteiger partial charge in [-0.3, -0.25) is 0 Å². The molecule has 5 heteroatoms. The van der Waals surface area contributed by atoms with E-state index in [1.54, 1.807) is 6.07 Å². The molecule has 0 saturated heterocycles. The third-order valence-corrected chi connectivity index (χ3v) is 3.16. The van der Waals surface area contributed by atoms with Crippen LogP contribution in [0.2, 0.25) is 0 Å². The van der Waals surface area contributed by atoms with Gasteiger partial charge in [0, 0.05) is 10.9 Å². The van der Waals surface area contributed by atoms with Gasteiger partial charge < -0.3 is 11.1 Å². The summed E-state index contributed by atoms with van der Waals surface area (Å²) in [7, 11) is 0. The molecule has 0 fully saturated rings. The van der Waals surface area contributed by atoms with E-state index in [0.717, 1.165) is 11.3 Å². The van der Waals surface area contributed by atoms with E-state index in [-0.39, 0.29) is 0 Å². The van der Waals surface area contributed by atoms with Crippen LogP contribution in [0.5, 0.6) is 0 Å². The molecule has 0 amide bonds. The van der Waals surface area contributed by atoms with E-state index in [9.17, 15) is 0 Å². The average Bonchev–Trinajstić information content (AvgIpc) is 2.74. The number of aliphatic imine (C=N–C) groups is 1. The molecule has 0 aliphatic heterocycles. The fourth-order valence-corrected chi connectivity index (χ4v) is 1.82. The topological polar surface area (TPSA) is 74.2 Å². The number of thiophene rings is 1. The molecule has 1 heterocycles. The van der Waals surface area contributed by atoms with E-state index < -0.39 is 0 Å². The van der Waals surface area contributed by atoms with Crippen molar-refractivity contribution in [1.29, 1.82) is 5.26 Å². The first kappa shape index (κ1) is 12.5. The standard InChI is InChI=1S/C11H16N4S/c1-3-8(2)15-11(13)14-7-10-5-4-9(6-12)16-10/h4-5,8H,3,7H2,1-2H3,(H3,13,14,15). The number of guanidine groups is 1. The van der Waals surface area contributed by atoms with Crippen LogP contribution in [0.25, 0.3) is 0 Å². The molecule has 1 unspecified atom stereocenters. The van der Waals surface area contributed by atoms with E-state index in [0.29, 0.717) is 23.4 Å². The summed E-state index contributed by atoms with van der Waals surface area (Å²) in [5.41, 5.74) is 5.72. The lowest BCUT2D eigenvalue weighted by Crippen LogP contribution is -2.37.